The Balaban J connectivity index is -0.000000107. The van der Waals surface area contributed by atoms with Crippen LogP contribution in [-0.4, -0.2) is 39.2 Å². The van der Waals surface area contributed by atoms with Gasteiger partial charge in [-0.2, -0.15) is 0 Å². The molecule has 11 heavy (non-hydrogen) atoms. The average Bonchev–Trinajstić information content (AvgIpc) is 1.89. The molecule has 0 spiro atoms. The first-order valence-corrected chi connectivity index (χ1v) is 2.21. The average molecular weight is 351 g/mol. The van der Waals surface area contributed by atoms with E-state index in [1.165, 1.54) is 0 Å². The van der Waals surface area contributed by atoms with Gasteiger partial charge in [0.25, 0.3) is 0 Å². The predicted octanol–water partition coefficient (Wildman–Crippen LogP) is -3.07. The Hall–Kier alpha value is -0.658. The van der Waals surface area contributed by atoms with Crippen LogP contribution in [0.4, 0.5) is 0 Å². The number of carboxylic acids is 2. The third-order valence-electron chi connectivity index (χ3n) is 0.333. The molecule has 0 aliphatic carbocycles. The van der Waals surface area contributed by atoms with Gasteiger partial charge in [0, 0.05) is 0 Å². The van der Waals surface area contributed by atoms with Gasteiger partial charge < -0.3 is 19.8 Å². The second-order valence-corrected chi connectivity index (χ2v) is 1.05. The summed E-state index contributed by atoms with van der Waals surface area (Å²) in [5.74, 6) is -2.46. The zero-order valence-electron chi connectivity index (χ0n) is 5.91. The third kappa shape index (κ3) is 45.1. The first-order chi connectivity index (χ1) is 4.54. The normalized spacial score (nSPS) is 5.82. The van der Waals surface area contributed by atoms with Crippen molar-refractivity contribution in [2.24, 2.45) is 0 Å². The summed E-state index contributed by atoms with van der Waals surface area (Å²) >= 11 is 0. The van der Waals surface area contributed by atoms with Gasteiger partial charge in [0.2, 0.25) is 0 Å². The van der Waals surface area contributed by atoms with Gasteiger partial charge in [-0.15, -0.1) is 0 Å². The van der Waals surface area contributed by atoms with E-state index in [4.69, 9.17) is 19.8 Å². The molecule has 0 aromatic heterocycles. The molecular formula is C6H8O4Pb. The summed E-state index contributed by atoms with van der Waals surface area (Å²) in [5, 5.41) is 18.3. The molecular weight excluding hydrogens is 343 g/mol. The number of carbonyl (C=O) groups excluding carboxylic acids is 2. The monoisotopic (exact) mass is 352 g/mol. The molecule has 0 unspecified atom stereocenters. The topological polar surface area (TPSA) is 80.3 Å². The van der Waals surface area contributed by atoms with Crippen LogP contribution < -0.4 is 10.2 Å². The molecule has 0 amide bonds. The van der Waals surface area contributed by atoms with Crippen molar-refractivity contribution < 1.29 is 19.8 Å². The van der Waals surface area contributed by atoms with Crippen LogP contribution in [0.15, 0.2) is 25.3 Å². The SMILES string of the molecule is C=CC(=O)[O-].C=CC(=O)[O-].[PbH2+2]. The Labute approximate surface area is 84.4 Å². The van der Waals surface area contributed by atoms with E-state index in [0.29, 0.717) is 0 Å². The van der Waals surface area contributed by atoms with Gasteiger partial charge in [-0.1, -0.05) is 13.2 Å². The van der Waals surface area contributed by atoms with Crippen molar-refractivity contribution in [2.45, 2.75) is 0 Å². The molecule has 0 aromatic carbocycles. The standard InChI is InChI=1S/2C3H4O2.Pb.2H/c2*1-2-3(4)5;;;/h2*2H,1H2,(H,4,5);;;/q;;+2;;/p-2. The fourth-order valence-electron chi connectivity index (χ4n) is 0. The molecule has 0 saturated heterocycles. The van der Waals surface area contributed by atoms with Crippen LogP contribution in [0.2, 0.25) is 0 Å². The van der Waals surface area contributed by atoms with E-state index in [1.54, 1.807) is 0 Å². The van der Waals surface area contributed by atoms with Crippen molar-refractivity contribution in [1.29, 1.82) is 0 Å². The molecule has 0 fully saturated rings. The first-order valence-electron chi connectivity index (χ1n) is 2.21. The molecule has 0 atom stereocenters. The molecule has 60 valence electrons. The molecule has 0 aliphatic heterocycles. The summed E-state index contributed by atoms with van der Waals surface area (Å²) < 4.78 is 0. The van der Waals surface area contributed by atoms with E-state index >= 15 is 0 Å². The van der Waals surface area contributed by atoms with Crippen molar-refractivity contribution in [3.8, 4) is 0 Å². The van der Waals surface area contributed by atoms with Crippen LogP contribution in [0.5, 0.6) is 0 Å². The Kier molecular flexibility index (Phi) is 18.4. The molecule has 0 rings (SSSR count). The van der Waals surface area contributed by atoms with Gasteiger partial charge in [0.15, 0.2) is 0 Å². The fourth-order valence-corrected chi connectivity index (χ4v) is 0. The Morgan fingerprint density at radius 1 is 1.00 bits per heavy atom. The van der Waals surface area contributed by atoms with E-state index < -0.39 is 11.9 Å². The molecule has 4 nitrogen and oxygen atoms in total. The number of aliphatic carboxylic acids is 2. The Morgan fingerprint density at radius 2 is 1.09 bits per heavy atom. The summed E-state index contributed by atoms with van der Waals surface area (Å²) in [4.78, 5) is 18.3. The number of hydrogen-bond acceptors (Lipinski definition) is 4. The number of carboxylic acid groups (broad SMARTS) is 2. The number of carbonyl (C=O) groups is 2. The van der Waals surface area contributed by atoms with Gasteiger partial charge in [-0.25, -0.2) is 0 Å². The third-order valence-corrected chi connectivity index (χ3v) is 0.333. The quantitative estimate of drug-likeness (QED) is 0.391. The van der Waals surface area contributed by atoms with E-state index in [0.717, 1.165) is 12.2 Å². The van der Waals surface area contributed by atoms with Crippen LogP contribution in [0, 0.1) is 0 Å². The summed E-state index contributed by atoms with van der Waals surface area (Å²) in [7, 11) is 0. The molecule has 0 heterocycles. The Bertz CT molecular complexity index is 135. The van der Waals surface area contributed by atoms with Crippen molar-refractivity contribution in [3.05, 3.63) is 25.3 Å². The van der Waals surface area contributed by atoms with Crippen molar-refractivity contribution >= 4 is 39.2 Å². The van der Waals surface area contributed by atoms with Gasteiger partial charge >= 0.3 is 27.3 Å². The van der Waals surface area contributed by atoms with Gasteiger partial charge in [0.05, 0.1) is 11.9 Å². The van der Waals surface area contributed by atoms with Gasteiger partial charge in [0.1, 0.15) is 0 Å². The fraction of sp³-hybridized carbons (Fsp3) is 0. The van der Waals surface area contributed by atoms with Crippen molar-refractivity contribution in [2.75, 3.05) is 0 Å². The van der Waals surface area contributed by atoms with E-state index in [1.807, 2.05) is 0 Å². The van der Waals surface area contributed by atoms with E-state index in [9.17, 15) is 0 Å². The molecule has 0 aliphatic rings. The summed E-state index contributed by atoms with van der Waals surface area (Å²) in [6.07, 6.45) is 1.44. The number of rotatable bonds is 2. The molecule has 0 N–H and O–H groups in total. The van der Waals surface area contributed by atoms with Crippen molar-refractivity contribution in [3.63, 3.8) is 0 Å². The van der Waals surface area contributed by atoms with Gasteiger partial charge in [-0.3, -0.25) is 0 Å². The predicted molar refractivity (Wildman–Crippen MR) is 39.0 cm³/mol. The molecule has 0 aromatic rings. The summed E-state index contributed by atoms with van der Waals surface area (Å²) in [5.41, 5.74) is 0. The zero-order valence-corrected chi connectivity index (χ0v) is 11.4. The molecule has 5 heteroatoms. The van der Waals surface area contributed by atoms with Crippen LogP contribution in [-0.2, 0) is 9.59 Å². The molecule has 0 bridgehead atoms. The summed E-state index contributed by atoms with van der Waals surface area (Å²) in [6.45, 7) is 5.80. The van der Waals surface area contributed by atoms with Gasteiger partial charge in [-0.05, 0) is 12.2 Å². The van der Waals surface area contributed by atoms with E-state index in [-0.39, 0.29) is 27.3 Å². The second kappa shape index (κ2) is 12.1. The van der Waals surface area contributed by atoms with Crippen LogP contribution in [0.25, 0.3) is 0 Å². The molecule has 0 saturated carbocycles. The first kappa shape index (κ1) is 16.7. The van der Waals surface area contributed by atoms with Crippen LogP contribution in [0.3, 0.4) is 0 Å². The zero-order chi connectivity index (χ0) is 8.57. The second-order valence-electron chi connectivity index (χ2n) is 1.05. The number of hydrogen-bond donors (Lipinski definition) is 0. The summed E-state index contributed by atoms with van der Waals surface area (Å²) in [6, 6.07) is 0. The minimum absolute atomic E-state index is 0. The maximum atomic E-state index is 9.14. The van der Waals surface area contributed by atoms with Crippen LogP contribution in [0.1, 0.15) is 0 Å². The molecule has 0 radical (unpaired) electrons. The maximum absolute atomic E-state index is 9.14. The van der Waals surface area contributed by atoms with E-state index in [2.05, 4.69) is 13.2 Å². The minimum atomic E-state index is -1.23. The van der Waals surface area contributed by atoms with Crippen LogP contribution >= 0.6 is 0 Å². The van der Waals surface area contributed by atoms with Crippen molar-refractivity contribution in [1.82, 2.24) is 0 Å². The Morgan fingerprint density at radius 3 is 1.09 bits per heavy atom.